The standard InChI is InChI=1S/C69H108O12/c1-4-7-10-13-16-19-22-25-28-30-31-33-36-39-42-45-48-51-54-57-63(72)80-67-65(74)64(73)66(68(75)76)81-69(67)78-59-60(79-62(71)56-53-50-47-44-41-38-34-27-24-21-18-15-12-9-6-3)58-77-61(70)55-52-49-46-43-40-37-35-32-29-26-23-20-17-14-11-8-5-2/h7,9-10,12,16-21,25-29,31,33-34,39,42,48,51,60,64-67,69,73-74H,4-6,8,11,13-15,22-24,30,32,35-38,40-41,43-47,49-50,52-59H2,1-3H3,(H,75,76)/b10-7-,12-9-,19-16-,20-17-,21-18-,28-25-,29-26-,33-31-,34-27-,42-39-,51-48-. The van der Waals surface area contributed by atoms with E-state index in [4.69, 9.17) is 23.7 Å². The van der Waals surface area contributed by atoms with E-state index < -0.39 is 67.3 Å². The lowest BCUT2D eigenvalue weighted by atomic mass is 9.98. The van der Waals surface area contributed by atoms with Gasteiger partial charge in [0.25, 0.3) is 0 Å². The number of rotatable bonds is 51. The molecular weight excluding hydrogens is 1020 g/mol. The van der Waals surface area contributed by atoms with Gasteiger partial charge in [-0.3, -0.25) is 14.4 Å². The SMILES string of the molecule is CC/C=C\C/C=C\C/C=C\C/C=C\C/C=C\C/C=C\CCC(=O)OC1C(OCC(COC(=O)CCCCCCCCC/C=C\C/C=C\CCCCC)OC(=O)CCCCCCC/C=C\C/C=C\C/C=C\CC)OC(C(=O)O)C(O)C1O. The molecule has 12 heteroatoms. The van der Waals surface area contributed by atoms with E-state index in [0.717, 1.165) is 122 Å². The maximum atomic E-state index is 13.2. The topological polar surface area (TPSA) is 175 Å². The van der Waals surface area contributed by atoms with E-state index in [9.17, 15) is 34.5 Å². The van der Waals surface area contributed by atoms with Crippen molar-refractivity contribution in [2.75, 3.05) is 13.2 Å². The van der Waals surface area contributed by atoms with Gasteiger partial charge in [0.05, 0.1) is 6.61 Å². The highest BCUT2D eigenvalue weighted by Crippen LogP contribution is 2.26. The number of hydrogen-bond donors (Lipinski definition) is 3. The van der Waals surface area contributed by atoms with Crippen LogP contribution in [0.3, 0.4) is 0 Å². The van der Waals surface area contributed by atoms with Crippen LogP contribution >= 0.6 is 0 Å². The maximum absolute atomic E-state index is 13.2. The minimum Gasteiger partial charge on any atom is -0.479 e. The number of allylic oxidation sites excluding steroid dienone is 22. The predicted octanol–water partition coefficient (Wildman–Crippen LogP) is 16.6. The highest BCUT2D eigenvalue weighted by molar-refractivity contribution is 5.74. The van der Waals surface area contributed by atoms with Crippen LogP contribution in [-0.2, 0) is 42.9 Å². The van der Waals surface area contributed by atoms with Crippen molar-refractivity contribution in [1.82, 2.24) is 0 Å². The average Bonchev–Trinajstić information content (AvgIpc) is 3.54. The second-order valence-corrected chi connectivity index (χ2v) is 20.6. The van der Waals surface area contributed by atoms with Crippen molar-refractivity contribution in [1.29, 1.82) is 0 Å². The van der Waals surface area contributed by atoms with Gasteiger partial charge in [0.2, 0.25) is 0 Å². The molecule has 6 unspecified atom stereocenters. The molecule has 0 saturated carbocycles. The lowest BCUT2D eigenvalue weighted by Crippen LogP contribution is -2.61. The molecule has 0 amide bonds. The Balaban J connectivity index is 2.74. The Morgan fingerprint density at radius 3 is 1.23 bits per heavy atom. The summed E-state index contributed by atoms with van der Waals surface area (Å²) in [5, 5.41) is 31.5. The Hall–Kier alpha value is -5.14. The maximum Gasteiger partial charge on any atom is 0.335 e. The van der Waals surface area contributed by atoms with Crippen LogP contribution in [0.1, 0.15) is 226 Å². The number of carbonyl (C=O) groups excluding carboxylic acids is 3. The van der Waals surface area contributed by atoms with Crippen molar-refractivity contribution in [3.63, 3.8) is 0 Å². The zero-order chi connectivity index (χ0) is 58.9. The van der Waals surface area contributed by atoms with Crippen LogP contribution in [0.5, 0.6) is 0 Å². The number of carboxylic acids is 1. The molecule has 0 spiro atoms. The fourth-order valence-corrected chi connectivity index (χ4v) is 8.50. The lowest BCUT2D eigenvalue weighted by Gasteiger charge is -2.40. The second-order valence-electron chi connectivity index (χ2n) is 20.6. The third-order valence-corrected chi connectivity index (χ3v) is 13.2. The number of carbonyl (C=O) groups is 4. The minimum atomic E-state index is -1.94. The number of unbranched alkanes of at least 4 members (excludes halogenated alkanes) is 15. The number of aliphatic hydroxyl groups excluding tert-OH is 2. The van der Waals surface area contributed by atoms with Gasteiger partial charge in [0, 0.05) is 19.3 Å². The van der Waals surface area contributed by atoms with Crippen molar-refractivity contribution in [3.05, 3.63) is 134 Å². The van der Waals surface area contributed by atoms with Crippen molar-refractivity contribution < 1.29 is 58.2 Å². The van der Waals surface area contributed by atoms with E-state index >= 15 is 0 Å². The van der Waals surface area contributed by atoms with E-state index in [-0.39, 0.29) is 25.9 Å². The zero-order valence-corrected chi connectivity index (χ0v) is 50.2. The largest absolute Gasteiger partial charge is 0.479 e. The summed E-state index contributed by atoms with van der Waals surface area (Å²) >= 11 is 0. The number of aliphatic hydroxyl groups is 2. The summed E-state index contributed by atoms with van der Waals surface area (Å²) < 4.78 is 28.4. The third kappa shape index (κ3) is 45.1. The first-order chi connectivity index (χ1) is 39.6. The summed E-state index contributed by atoms with van der Waals surface area (Å²) in [5.74, 6) is -3.28. The monoisotopic (exact) mass is 1130 g/mol. The number of esters is 3. The van der Waals surface area contributed by atoms with Crippen LogP contribution < -0.4 is 0 Å². The summed E-state index contributed by atoms with van der Waals surface area (Å²) in [7, 11) is 0. The third-order valence-electron chi connectivity index (χ3n) is 13.2. The van der Waals surface area contributed by atoms with Crippen molar-refractivity contribution in [2.45, 2.75) is 263 Å². The van der Waals surface area contributed by atoms with Gasteiger partial charge in [0.1, 0.15) is 18.8 Å². The van der Waals surface area contributed by atoms with Crippen LogP contribution in [0.2, 0.25) is 0 Å². The summed E-state index contributed by atoms with van der Waals surface area (Å²) in [6.07, 6.45) is 65.6. The van der Waals surface area contributed by atoms with Crippen molar-refractivity contribution >= 4 is 23.9 Å². The molecule has 6 atom stereocenters. The van der Waals surface area contributed by atoms with E-state index in [1.54, 1.807) is 0 Å². The molecule has 12 nitrogen and oxygen atoms in total. The Labute approximate surface area is 490 Å². The molecule has 0 aromatic rings. The molecule has 81 heavy (non-hydrogen) atoms. The first-order valence-corrected chi connectivity index (χ1v) is 31.2. The first-order valence-electron chi connectivity index (χ1n) is 31.2. The van der Waals surface area contributed by atoms with Gasteiger partial charge in [-0.05, 0) is 122 Å². The molecule has 1 rings (SSSR count). The quantitative estimate of drug-likeness (QED) is 0.0228. The molecule has 3 N–H and O–H groups in total. The highest BCUT2D eigenvalue weighted by atomic mass is 16.7. The van der Waals surface area contributed by atoms with Gasteiger partial charge in [-0.2, -0.15) is 0 Å². The van der Waals surface area contributed by atoms with Gasteiger partial charge >= 0.3 is 23.9 Å². The van der Waals surface area contributed by atoms with E-state index in [0.29, 0.717) is 25.7 Å². The molecule has 0 radical (unpaired) electrons. The fourth-order valence-electron chi connectivity index (χ4n) is 8.50. The molecule has 0 aromatic heterocycles. The molecule has 1 aliphatic rings. The molecule has 0 bridgehead atoms. The van der Waals surface area contributed by atoms with Crippen molar-refractivity contribution in [3.8, 4) is 0 Å². The number of aliphatic carboxylic acids is 1. The van der Waals surface area contributed by atoms with Crippen LogP contribution in [-0.4, -0.2) is 89.2 Å². The number of carboxylic acid groups (broad SMARTS) is 1. The smallest absolute Gasteiger partial charge is 0.335 e. The summed E-state index contributed by atoms with van der Waals surface area (Å²) in [5.41, 5.74) is 0. The van der Waals surface area contributed by atoms with Crippen LogP contribution in [0.4, 0.5) is 0 Å². The van der Waals surface area contributed by atoms with E-state index in [1.807, 2.05) is 18.2 Å². The molecule has 0 aliphatic carbocycles. The van der Waals surface area contributed by atoms with Gasteiger partial charge < -0.3 is 39.0 Å². The van der Waals surface area contributed by atoms with Gasteiger partial charge in [-0.15, -0.1) is 0 Å². The van der Waals surface area contributed by atoms with E-state index in [1.165, 1.54) is 38.5 Å². The summed E-state index contributed by atoms with van der Waals surface area (Å²) in [4.78, 5) is 51.2. The van der Waals surface area contributed by atoms with Crippen LogP contribution in [0.25, 0.3) is 0 Å². The van der Waals surface area contributed by atoms with Crippen molar-refractivity contribution in [2.24, 2.45) is 0 Å². The predicted molar refractivity (Wildman–Crippen MR) is 330 cm³/mol. The molecule has 456 valence electrons. The average molecular weight is 1130 g/mol. The Kier molecular flexibility index (Phi) is 50.5. The first kappa shape index (κ1) is 73.9. The minimum absolute atomic E-state index is 0.0746. The molecule has 1 aliphatic heterocycles. The Morgan fingerprint density at radius 2 is 0.802 bits per heavy atom. The lowest BCUT2D eigenvalue weighted by molar-refractivity contribution is -0.301. The molecule has 1 fully saturated rings. The normalized spacial score (nSPS) is 18.7. The fraction of sp³-hybridized carbons (Fsp3) is 0.623. The second kappa shape index (κ2) is 55.4. The molecule has 1 saturated heterocycles. The number of hydrogen-bond acceptors (Lipinski definition) is 11. The molecular formula is C69H108O12. The summed E-state index contributed by atoms with van der Waals surface area (Å²) in [6.45, 7) is 5.69. The Morgan fingerprint density at radius 1 is 0.420 bits per heavy atom. The van der Waals surface area contributed by atoms with E-state index in [2.05, 4.69) is 136 Å². The van der Waals surface area contributed by atoms with Gasteiger partial charge in [0.15, 0.2) is 24.6 Å². The highest BCUT2D eigenvalue weighted by Gasteiger charge is 2.50. The Bertz CT molecular complexity index is 1920. The van der Waals surface area contributed by atoms with Gasteiger partial charge in [-0.25, -0.2) is 4.79 Å². The summed E-state index contributed by atoms with van der Waals surface area (Å²) in [6, 6.07) is 0. The van der Waals surface area contributed by atoms with Crippen LogP contribution in [0.15, 0.2) is 134 Å². The zero-order valence-electron chi connectivity index (χ0n) is 50.2. The van der Waals surface area contributed by atoms with Gasteiger partial charge in [-0.1, -0.05) is 219 Å². The number of ether oxygens (including phenoxy) is 5. The molecule has 0 aromatic carbocycles. The van der Waals surface area contributed by atoms with Crippen LogP contribution in [0, 0.1) is 0 Å². The molecule has 1 heterocycles.